The van der Waals surface area contributed by atoms with Crippen LogP contribution in [0.3, 0.4) is 0 Å². The van der Waals surface area contributed by atoms with Crippen molar-refractivity contribution in [1.82, 2.24) is 0 Å². The minimum atomic E-state index is -4.66. The molecule has 0 N–H and O–H groups in total. The van der Waals surface area contributed by atoms with Crippen LogP contribution in [0.5, 0.6) is 0 Å². The molecule has 0 bridgehead atoms. The van der Waals surface area contributed by atoms with Crippen LogP contribution in [-0.4, -0.2) is 12.1 Å². The standard InChI is InChI=1S/C20H27F3O2/c1-5-6-7-8-18(20(21,22)23)25-19(24)15(4)17-11-9-16(10-12-17)13-14(2)3/h8-12,14-15H,5-7,13H2,1-4H3/b18-8+. The lowest BCUT2D eigenvalue weighted by Gasteiger charge is -2.16. The average Bonchev–Trinajstić information content (AvgIpc) is 2.52. The number of allylic oxidation sites excluding steroid dienone is 2. The number of hydrogen-bond donors (Lipinski definition) is 0. The number of halogens is 3. The summed E-state index contributed by atoms with van der Waals surface area (Å²) >= 11 is 0. The summed E-state index contributed by atoms with van der Waals surface area (Å²) in [4.78, 5) is 12.1. The molecule has 0 heterocycles. The van der Waals surface area contributed by atoms with Crippen molar-refractivity contribution in [2.24, 2.45) is 5.92 Å². The third kappa shape index (κ3) is 7.32. The lowest BCUT2D eigenvalue weighted by molar-refractivity contribution is -0.161. The van der Waals surface area contributed by atoms with E-state index in [1.807, 2.05) is 19.1 Å². The van der Waals surface area contributed by atoms with Crippen LogP contribution in [-0.2, 0) is 16.0 Å². The molecule has 0 fully saturated rings. The Hall–Kier alpha value is -1.78. The zero-order chi connectivity index (χ0) is 19.0. The first-order chi connectivity index (χ1) is 11.6. The first-order valence-corrected chi connectivity index (χ1v) is 8.73. The largest absolute Gasteiger partial charge is 0.449 e. The summed E-state index contributed by atoms with van der Waals surface area (Å²) in [7, 11) is 0. The van der Waals surface area contributed by atoms with Crippen molar-refractivity contribution in [3.8, 4) is 0 Å². The number of rotatable bonds is 8. The van der Waals surface area contributed by atoms with Crippen molar-refractivity contribution in [1.29, 1.82) is 0 Å². The van der Waals surface area contributed by atoms with E-state index < -0.39 is 23.8 Å². The molecule has 140 valence electrons. The first-order valence-electron chi connectivity index (χ1n) is 8.73. The number of alkyl halides is 3. The second-order valence-corrected chi connectivity index (χ2v) is 6.69. The normalized spacial score (nSPS) is 13.8. The van der Waals surface area contributed by atoms with Crippen LogP contribution in [0.15, 0.2) is 36.1 Å². The van der Waals surface area contributed by atoms with E-state index in [1.165, 1.54) is 0 Å². The summed E-state index contributed by atoms with van der Waals surface area (Å²) in [5.41, 5.74) is 1.78. The van der Waals surface area contributed by atoms with Crippen LogP contribution in [0, 0.1) is 5.92 Å². The van der Waals surface area contributed by atoms with Crippen molar-refractivity contribution in [3.63, 3.8) is 0 Å². The van der Waals surface area contributed by atoms with Gasteiger partial charge in [-0.05, 0) is 49.3 Å². The SMILES string of the molecule is CCCC/C=C(/OC(=O)C(C)c1ccc(CC(C)C)cc1)C(F)(F)F. The van der Waals surface area contributed by atoms with E-state index in [0.29, 0.717) is 17.9 Å². The lowest BCUT2D eigenvalue weighted by Crippen LogP contribution is -2.21. The number of unbranched alkanes of at least 4 members (excludes halogenated alkanes) is 2. The van der Waals surface area contributed by atoms with Gasteiger partial charge in [0.05, 0.1) is 5.92 Å². The number of hydrogen-bond acceptors (Lipinski definition) is 2. The lowest BCUT2D eigenvalue weighted by atomic mass is 9.97. The van der Waals surface area contributed by atoms with Crippen molar-refractivity contribution in [3.05, 3.63) is 47.2 Å². The molecule has 1 aromatic carbocycles. The molecule has 0 amide bonds. The van der Waals surface area contributed by atoms with Gasteiger partial charge in [0.25, 0.3) is 0 Å². The van der Waals surface area contributed by atoms with Crippen LogP contribution >= 0.6 is 0 Å². The fourth-order valence-electron chi connectivity index (χ4n) is 2.40. The number of benzene rings is 1. The number of esters is 1. The Kier molecular flexibility index (Phi) is 8.20. The Morgan fingerprint density at radius 2 is 1.76 bits per heavy atom. The zero-order valence-corrected chi connectivity index (χ0v) is 15.3. The van der Waals surface area contributed by atoms with Gasteiger partial charge in [-0.1, -0.05) is 51.5 Å². The van der Waals surface area contributed by atoms with Crippen molar-refractivity contribution < 1.29 is 22.7 Å². The molecule has 0 aliphatic rings. The molecule has 1 atom stereocenters. The highest BCUT2D eigenvalue weighted by atomic mass is 19.4. The van der Waals surface area contributed by atoms with Crippen LogP contribution in [0.4, 0.5) is 13.2 Å². The van der Waals surface area contributed by atoms with Crippen LogP contribution in [0.25, 0.3) is 0 Å². The minimum absolute atomic E-state index is 0.233. The monoisotopic (exact) mass is 356 g/mol. The Balaban J connectivity index is 2.81. The topological polar surface area (TPSA) is 26.3 Å². The molecule has 0 saturated heterocycles. The molecule has 2 nitrogen and oxygen atoms in total. The van der Waals surface area contributed by atoms with Gasteiger partial charge in [-0.25, -0.2) is 0 Å². The van der Waals surface area contributed by atoms with E-state index in [9.17, 15) is 18.0 Å². The maximum atomic E-state index is 13.0. The molecule has 25 heavy (non-hydrogen) atoms. The summed E-state index contributed by atoms with van der Waals surface area (Å²) in [5, 5.41) is 0. The third-order valence-electron chi connectivity index (χ3n) is 3.85. The second-order valence-electron chi connectivity index (χ2n) is 6.69. The maximum Gasteiger partial charge on any atom is 0.449 e. The Morgan fingerprint density at radius 3 is 2.24 bits per heavy atom. The fraction of sp³-hybridized carbons (Fsp3) is 0.550. The third-order valence-corrected chi connectivity index (χ3v) is 3.85. The molecule has 0 aliphatic heterocycles. The molecule has 0 aliphatic carbocycles. The Labute approximate surface area is 148 Å². The molecule has 1 unspecified atom stereocenters. The van der Waals surface area contributed by atoms with Crippen molar-refractivity contribution in [2.45, 2.75) is 65.5 Å². The van der Waals surface area contributed by atoms with E-state index in [-0.39, 0.29) is 6.42 Å². The van der Waals surface area contributed by atoms with Gasteiger partial charge in [0.2, 0.25) is 5.76 Å². The van der Waals surface area contributed by atoms with Gasteiger partial charge in [0.1, 0.15) is 0 Å². The summed E-state index contributed by atoms with van der Waals surface area (Å²) in [6, 6.07) is 7.36. The predicted octanol–water partition coefficient (Wildman–Crippen LogP) is 6.17. The van der Waals surface area contributed by atoms with Gasteiger partial charge in [0.15, 0.2) is 0 Å². The first kappa shape index (κ1) is 21.3. The van der Waals surface area contributed by atoms with Gasteiger partial charge < -0.3 is 4.74 Å². The van der Waals surface area contributed by atoms with Crippen LogP contribution < -0.4 is 0 Å². The van der Waals surface area contributed by atoms with Crippen LogP contribution in [0.2, 0.25) is 0 Å². The molecule has 0 saturated carbocycles. The average molecular weight is 356 g/mol. The fourth-order valence-corrected chi connectivity index (χ4v) is 2.40. The molecule has 1 aromatic rings. The summed E-state index contributed by atoms with van der Waals surface area (Å²) in [6.45, 7) is 7.66. The molecular weight excluding hydrogens is 329 g/mol. The minimum Gasteiger partial charge on any atom is -0.421 e. The van der Waals surface area contributed by atoms with E-state index >= 15 is 0 Å². The van der Waals surface area contributed by atoms with Gasteiger partial charge in [0, 0.05) is 0 Å². The van der Waals surface area contributed by atoms with Crippen molar-refractivity contribution in [2.75, 3.05) is 0 Å². The smallest absolute Gasteiger partial charge is 0.421 e. The highest BCUT2D eigenvalue weighted by Crippen LogP contribution is 2.29. The number of ether oxygens (including phenoxy) is 1. The summed E-state index contributed by atoms with van der Waals surface area (Å²) in [5.74, 6) is -2.35. The van der Waals surface area contributed by atoms with Gasteiger partial charge in [-0.2, -0.15) is 13.2 Å². The number of carbonyl (C=O) groups is 1. The summed E-state index contributed by atoms with van der Waals surface area (Å²) in [6.07, 6.45) is -1.17. The molecule has 1 rings (SSSR count). The van der Waals surface area contributed by atoms with Gasteiger partial charge in [-0.15, -0.1) is 0 Å². The molecular formula is C20H27F3O2. The quantitative estimate of drug-likeness (QED) is 0.316. The van der Waals surface area contributed by atoms with Crippen LogP contribution in [0.1, 0.15) is 64.0 Å². The Morgan fingerprint density at radius 1 is 1.16 bits per heavy atom. The molecule has 0 radical (unpaired) electrons. The summed E-state index contributed by atoms with van der Waals surface area (Å²) < 4.78 is 43.7. The van der Waals surface area contributed by atoms with E-state index in [2.05, 4.69) is 18.6 Å². The highest BCUT2D eigenvalue weighted by Gasteiger charge is 2.38. The Bertz CT molecular complexity index is 572. The molecule has 0 spiro atoms. The predicted molar refractivity (Wildman–Crippen MR) is 93.2 cm³/mol. The molecule has 5 heteroatoms. The highest BCUT2D eigenvalue weighted by molar-refractivity contribution is 5.78. The second kappa shape index (κ2) is 9.64. The van der Waals surface area contributed by atoms with Gasteiger partial charge in [-0.3, -0.25) is 4.79 Å². The molecule has 0 aromatic heterocycles. The van der Waals surface area contributed by atoms with E-state index in [1.54, 1.807) is 19.1 Å². The number of carbonyl (C=O) groups excluding carboxylic acids is 1. The van der Waals surface area contributed by atoms with Gasteiger partial charge >= 0.3 is 12.1 Å². The van der Waals surface area contributed by atoms with E-state index in [4.69, 9.17) is 0 Å². The zero-order valence-electron chi connectivity index (χ0n) is 15.3. The maximum absolute atomic E-state index is 13.0. The van der Waals surface area contributed by atoms with E-state index in [0.717, 1.165) is 24.5 Å². The van der Waals surface area contributed by atoms with Crippen molar-refractivity contribution >= 4 is 5.97 Å².